The summed E-state index contributed by atoms with van der Waals surface area (Å²) in [5, 5.41) is 7.02. The Morgan fingerprint density at radius 1 is 1.35 bits per heavy atom. The average Bonchev–Trinajstić information content (AvgIpc) is 3.24. The second-order valence-electron chi connectivity index (χ2n) is 5.48. The van der Waals surface area contributed by atoms with E-state index in [-0.39, 0.29) is 0 Å². The van der Waals surface area contributed by atoms with Gasteiger partial charge in [0.25, 0.3) is 0 Å². The van der Waals surface area contributed by atoms with Gasteiger partial charge in [-0.05, 0) is 54.5 Å². The topological polar surface area (TPSA) is 24.9 Å². The summed E-state index contributed by atoms with van der Waals surface area (Å²) in [7, 11) is 0. The van der Waals surface area contributed by atoms with E-state index in [1.54, 1.807) is 11.3 Å². The highest BCUT2D eigenvalue weighted by molar-refractivity contribution is 7.17. The summed E-state index contributed by atoms with van der Waals surface area (Å²) in [6.45, 7) is 1.12. The SMILES string of the molecule is c1cc2sccc2c(NCC2(C3CC3)CC2)n1. The van der Waals surface area contributed by atoms with Gasteiger partial charge in [-0.2, -0.15) is 0 Å². The minimum Gasteiger partial charge on any atom is -0.369 e. The standard InChI is InChI=1S/C14H16N2S/c1-2-10(1)14(5-6-14)9-16-13-11-4-8-17-12(11)3-7-15-13/h3-4,7-8,10H,1-2,5-6,9H2,(H,15,16). The molecule has 88 valence electrons. The molecule has 2 aromatic heterocycles. The monoisotopic (exact) mass is 244 g/mol. The summed E-state index contributed by atoms with van der Waals surface area (Å²) < 4.78 is 1.33. The van der Waals surface area contributed by atoms with E-state index in [1.165, 1.54) is 35.8 Å². The lowest BCUT2D eigenvalue weighted by molar-refractivity contribution is 0.466. The molecule has 4 rings (SSSR count). The predicted octanol–water partition coefficient (Wildman–Crippen LogP) is 3.90. The second kappa shape index (κ2) is 3.45. The molecule has 2 aliphatic carbocycles. The molecule has 0 amide bonds. The molecule has 2 heterocycles. The molecule has 0 unspecified atom stereocenters. The highest BCUT2D eigenvalue weighted by Gasteiger charge is 2.53. The number of anilines is 1. The number of pyridine rings is 1. The Morgan fingerprint density at radius 3 is 3.00 bits per heavy atom. The highest BCUT2D eigenvalue weighted by Crippen LogP contribution is 2.61. The van der Waals surface area contributed by atoms with Crippen molar-refractivity contribution in [3.63, 3.8) is 0 Å². The number of thiophene rings is 1. The molecule has 17 heavy (non-hydrogen) atoms. The fourth-order valence-electron chi connectivity index (χ4n) is 2.88. The third-order valence-electron chi connectivity index (χ3n) is 4.32. The Labute approximate surface area is 105 Å². The summed E-state index contributed by atoms with van der Waals surface area (Å²) in [6, 6.07) is 4.27. The number of aromatic nitrogens is 1. The van der Waals surface area contributed by atoms with Gasteiger partial charge >= 0.3 is 0 Å². The molecular formula is C14H16N2S. The predicted molar refractivity (Wildman–Crippen MR) is 72.5 cm³/mol. The van der Waals surface area contributed by atoms with E-state index in [0.29, 0.717) is 5.41 Å². The Bertz CT molecular complexity index is 552. The van der Waals surface area contributed by atoms with Gasteiger partial charge in [-0.1, -0.05) is 0 Å². The number of nitrogens with one attached hydrogen (secondary N) is 1. The lowest BCUT2D eigenvalue weighted by atomic mass is 10.0. The van der Waals surface area contributed by atoms with Crippen LogP contribution in [-0.2, 0) is 0 Å². The number of hydrogen-bond acceptors (Lipinski definition) is 3. The van der Waals surface area contributed by atoms with Crippen molar-refractivity contribution in [3.8, 4) is 0 Å². The van der Waals surface area contributed by atoms with Gasteiger partial charge in [0.2, 0.25) is 0 Å². The minimum absolute atomic E-state index is 0.639. The van der Waals surface area contributed by atoms with E-state index >= 15 is 0 Å². The first-order chi connectivity index (χ1) is 8.37. The lowest BCUT2D eigenvalue weighted by Gasteiger charge is -2.15. The van der Waals surface area contributed by atoms with Gasteiger partial charge < -0.3 is 5.32 Å². The van der Waals surface area contributed by atoms with Gasteiger partial charge in [0.1, 0.15) is 5.82 Å². The summed E-state index contributed by atoms with van der Waals surface area (Å²) in [5.41, 5.74) is 0.639. The van der Waals surface area contributed by atoms with Gasteiger partial charge in [0, 0.05) is 22.8 Å². The fourth-order valence-corrected chi connectivity index (χ4v) is 3.66. The normalized spacial score (nSPS) is 21.6. The first kappa shape index (κ1) is 9.89. The summed E-state index contributed by atoms with van der Waals surface area (Å²) >= 11 is 1.79. The molecular weight excluding hydrogens is 228 g/mol. The average molecular weight is 244 g/mol. The van der Waals surface area contributed by atoms with Crippen LogP contribution in [0.15, 0.2) is 23.7 Å². The summed E-state index contributed by atoms with van der Waals surface area (Å²) in [5.74, 6) is 2.09. The van der Waals surface area contributed by atoms with Crippen LogP contribution < -0.4 is 5.32 Å². The molecule has 3 heteroatoms. The van der Waals surface area contributed by atoms with Crippen LogP contribution in [0.5, 0.6) is 0 Å². The van der Waals surface area contributed by atoms with Gasteiger partial charge in [-0.3, -0.25) is 0 Å². The second-order valence-corrected chi connectivity index (χ2v) is 6.43. The number of nitrogens with zero attached hydrogens (tertiary/aromatic N) is 1. The zero-order chi connectivity index (χ0) is 11.3. The van der Waals surface area contributed by atoms with Gasteiger partial charge in [0.15, 0.2) is 0 Å². The Kier molecular flexibility index (Phi) is 2.01. The van der Waals surface area contributed by atoms with Crippen molar-refractivity contribution in [1.29, 1.82) is 0 Å². The maximum absolute atomic E-state index is 4.49. The first-order valence-corrected chi connectivity index (χ1v) is 7.31. The van der Waals surface area contributed by atoms with Crippen LogP contribution in [0.1, 0.15) is 25.7 Å². The van der Waals surface area contributed by atoms with E-state index < -0.39 is 0 Å². The van der Waals surface area contributed by atoms with Crippen molar-refractivity contribution in [1.82, 2.24) is 4.98 Å². The third kappa shape index (κ3) is 1.64. The van der Waals surface area contributed by atoms with Crippen molar-refractivity contribution in [2.75, 3.05) is 11.9 Å². The van der Waals surface area contributed by atoms with Crippen molar-refractivity contribution in [2.45, 2.75) is 25.7 Å². The van der Waals surface area contributed by atoms with Crippen LogP contribution in [0.2, 0.25) is 0 Å². The van der Waals surface area contributed by atoms with Crippen LogP contribution >= 0.6 is 11.3 Å². The largest absolute Gasteiger partial charge is 0.369 e. The van der Waals surface area contributed by atoms with Crippen molar-refractivity contribution >= 4 is 27.2 Å². The van der Waals surface area contributed by atoms with Crippen LogP contribution in [-0.4, -0.2) is 11.5 Å². The number of fused-ring (bicyclic) bond motifs is 1. The lowest BCUT2D eigenvalue weighted by Crippen LogP contribution is -2.17. The number of rotatable bonds is 4. The first-order valence-electron chi connectivity index (χ1n) is 6.44. The smallest absolute Gasteiger partial charge is 0.134 e. The highest BCUT2D eigenvalue weighted by atomic mass is 32.1. The zero-order valence-electron chi connectivity index (χ0n) is 9.78. The molecule has 0 aliphatic heterocycles. The van der Waals surface area contributed by atoms with E-state index in [4.69, 9.17) is 0 Å². The molecule has 2 fully saturated rings. The van der Waals surface area contributed by atoms with Gasteiger partial charge in [0.05, 0.1) is 0 Å². The maximum atomic E-state index is 4.49. The Morgan fingerprint density at radius 2 is 2.24 bits per heavy atom. The van der Waals surface area contributed by atoms with Crippen molar-refractivity contribution < 1.29 is 0 Å². The van der Waals surface area contributed by atoms with Crippen LogP contribution in [0.4, 0.5) is 5.82 Å². The van der Waals surface area contributed by atoms with Crippen molar-refractivity contribution in [3.05, 3.63) is 23.7 Å². The van der Waals surface area contributed by atoms with E-state index in [0.717, 1.165) is 18.3 Å². The van der Waals surface area contributed by atoms with Crippen LogP contribution in [0, 0.1) is 11.3 Å². The Hall–Kier alpha value is -1.09. The third-order valence-corrected chi connectivity index (χ3v) is 5.21. The molecule has 2 aliphatic rings. The van der Waals surface area contributed by atoms with Crippen molar-refractivity contribution in [2.24, 2.45) is 11.3 Å². The van der Waals surface area contributed by atoms with Crippen LogP contribution in [0.25, 0.3) is 10.1 Å². The maximum Gasteiger partial charge on any atom is 0.134 e. The molecule has 0 aromatic carbocycles. The van der Waals surface area contributed by atoms with Crippen LogP contribution in [0.3, 0.4) is 0 Å². The molecule has 0 saturated heterocycles. The molecule has 2 nitrogen and oxygen atoms in total. The number of hydrogen-bond donors (Lipinski definition) is 1. The van der Waals surface area contributed by atoms with E-state index in [9.17, 15) is 0 Å². The molecule has 0 bridgehead atoms. The molecule has 2 saturated carbocycles. The molecule has 1 N–H and O–H groups in total. The summed E-state index contributed by atoms with van der Waals surface area (Å²) in [4.78, 5) is 4.49. The Balaban J connectivity index is 1.56. The minimum atomic E-state index is 0.639. The molecule has 0 atom stereocenters. The van der Waals surface area contributed by atoms with E-state index in [1.807, 2.05) is 6.20 Å². The zero-order valence-corrected chi connectivity index (χ0v) is 10.6. The molecule has 0 spiro atoms. The van der Waals surface area contributed by atoms with E-state index in [2.05, 4.69) is 27.8 Å². The quantitative estimate of drug-likeness (QED) is 0.882. The molecule has 0 radical (unpaired) electrons. The fraction of sp³-hybridized carbons (Fsp3) is 0.500. The summed E-state index contributed by atoms with van der Waals surface area (Å²) in [6.07, 6.45) is 7.67. The van der Waals surface area contributed by atoms with Gasteiger partial charge in [-0.15, -0.1) is 11.3 Å². The molecule has 2 aromatic rings. The van der Waals surface area contributed by atoms with Gasteiger partial charge in [-0.25, -0.2) is 4.98 Å².